The molecule has 0 saturated heterocycles. The third kappa shape index (κ3) is 5.10. The van der Waals surface area contributed by atoms with E-state index in [1.807, 2.05) is 20.8 Å². The van der Waals surface area contributed by atoms with Crippen LogP contribution in [0.2, 0.25) is 0 Å². The minimum atomic E-state index is 0.142. The number of nitrogens with zero attached hydrogens (tertiary/aromatic N) is 2. The normalized spacial score (nSPS) is 12.8. The van der Waals surface area contributed by atoms with Gasteiger partial charge in [-0.1, -0.05) is 6.92 Å². The largest absolute Gasteiger partial charge is 0.395 e. The molecule has 0 fully saturated rings. The van der Waals surface area contributed by atoms with Crippen molar-refractivity contribution in [2.75, 3.05) is 11.9 Å². The fraction of sp³-hybridized carbons (Fsp3) is 0.667. The lowest BCUT2D eigenvalue weighted by Crippen LogP contribution is -2.31. The summed E-state index contributed by atoms with van der Waals surface area (Å²) in [5, 5.41) is 15.4. The molecule has 17 heavy (non-hydrogen) atoms. The monoisotopic (exact) mass is 238 g/mol. The van der Waals surface area contributed by atoms with Crippen molar-refractivity contribution in [3.63, 3.8) is 0 Å². The Morgan fingerprint density at radius 1 is 1.29 bits per heavy atom. The van der Waals surface area contributed by atoms with Gasteiger partial charge >= 0.3 is 0 Å². The third-order valence-electron chi connectivity index (χ3n) is 2.43. The predicted molar refractivity (Wildman–Crippen MR) is 68.8 cm³/mol. The molecular formula is C12H22N4O. The van der Waals surface area contributed by atoms with Gasteiger partial charge in [0.15, 0.2) is 0 Å². The Balaban J connectivity index is 2.45. The third-order valence-corrected chi connectivity index (χ3v) is 2.43. The standard InChI is InChI=1S/C12H22N4O/c1-4-11(8-17)13-5-10-6-14-12(15-7-10)16-9(2)3/h6-7,9,11,13,17H,4-5,8H2,1-3H3,(H,14,15,16)/t11-/m1/s1. The lowest BCUT2D eigenvalue weighted by atomic mass is 10.2. The average Bonchev–Trinajstić information content (AvgIpc) is 2.32. The van der Waals surface area contributed by atoms with E-state index in [9.17, 15) is 0 Å². The maximum Gasteiger partial charge on any atom is 0.222 e. The molecule has 1 atom stereocenters. The summed E-state index contributed by atoms with van der Waals surface area (Å²) in [6, 6.07) is 0.473. The van der Waals surface area contributed by atoms with Gasteiger partial charge in [-0.3, -0.25) is 0 Å². The van der Waals surface area contributed by atoms with Crippen molar-refractivity contribution in [2.45, 2.75) is 45.8 Å². The molecule has 0 spiro atoms. The van der Waals surface area contributed by atoms with Crippen molar-refractivity contribution >= 4 is 5.95 Å². The van der Waals surface area contributed by atoms with Crippen LogP contribution in [0.3, 0.4) is 0 Å². The molecule has 0 bridgehead atoms. The highest BCUT2D eigenvalue weighted by molar-refractivity contribution is 5.25. The Bertz CT molecular complexity index is 309. The molecular weight excluding hydrogens is 216 g/mol. The zero-order valence-electron chi connectivity index (χ0n) is 10.8. The molecule has 0 unspecified atom stereocenters. The second-order valence-electron chi connectivity index (χ2n) is 4.38. The first-order valence-corrected chi connectivity index (χ1v) is 6.07. The Kier molecular flexibility index (Phi) is 5.86. The summed E-state index contributed by atoms with van der Waals surface area (Å²) in [7, 11) is 0. The van der Waals surface area contributed by atoms with Gasteiger partial charge in [0.1, 0.15) is 0 Å². The molecule has 0 saturated carbocycles. The second kappa shape index (κ2) is 7.19. The van der Waals surface area contributed by atoms with Gasteiger partial charge in [0.05, 0.1) is 6.61 Å². The van der Waals surface area contributed by atoms with Gasteiger partial charge in [0, 0.05) is 36.6 Å². The van der Waals surface area contributed by atoms with Gasteiger partial charge in [0.25, 0.3) is 0 Å². The molecule has 96 valence electrons. The highest BCUT2D eigenvalue weighted by atomic mass is 16.3. The van der Waals surface area contributed by atoms with E-state index in [0.717, 1.165) is 12.0 Å². The molecule has 0 aliphatic carbocycles. The maximum atomic E-state index is 9.04. The number of rotatable bonds is 7. The van der Waals surface area contributed by atoms with Crippen LogP contribution in [-0.2, 0) is 6.54 Å². The average molecular weight is 238 g/mol. The van der Waals surface area contributed by atoms with Crippen molar-refractivity contribution in [1.29, 1.82) is 0 Å². The smallest absolute Gasteiger partial charge is 0.222 e. The molecule has 1 heterocycles. The van der Waals surface area contributed by atoms with E-state index in [2.05, 4.69) is 20.6 Å². The van der Waals surface area contributed by atoms with Gasteiger partial charge in [-0.25, -0.2) is 9.97 Å². The van der Waals surface area contributed by atoms with Crippen molar-refractivity contribution in [1.82, 2.24) is 15.3 Å². The van der Waals surface area contributed by atoms with Gasteiger partial charge < -0.3 is 15.7 Å². The minimum Gasteiger partial charge on any atom is -0.395 e. The molecule has 0 aliphatic heterocycles. The zero-order valence-corrected chi connectivity index (χ0v) is 10.8. The Morgan fingerprint density at radius 2 is 1.94 bits per heavy atom. The van der Waals surface area contributed by atoms with Crippen molar-refractivity contribution < 1.29 is 5.11 Å². The molecule has 1 aromatic heterocycles. The summed E-state index contributed by atoms with van der Waals surface area (Å²) in [6.07, 6.45) is 4.51. The van der Waals surface area contributed by atoms with Crippen LogP contribution in [0.15, 0.2) is 12.4 Å². The molecule has 0 aliphatic rings. The van der Waals surface area contributed by atoms with Crippen molar-refractivity contribution in [3.05, 3.63) is 18.0 Å². The zero-order chi connectivity index (χ0) is 12.7. The number of aromatic nitrogens is 2. The summed E-state index contributed by atoms with van der Waals surface area (Å²) >= 11 is 0. The highest BCUT2D eigenvalue weighted by Gasteiger charge is 2.04. The maximum absolute atomic E-state index is 9.04. The minimum absolute atomic E-state index is 0.142. The van der Waals surface area contributed by atoms with Gasteiger partial charge in [-0.05, 0) is 20.3 Å². The number of aliphatic hydroxyl groups is 1. The highest BCUT2D eigenvalue weighted by Crippen LogP contribution is 2.02. The summed E-state index contributed by atoms with van der Waals surface area (Å²) in [5.41, 5.74) is 1.02. The number of nitrogens with one attached hydrogen (secondary N) is 2. The van der Waals surface area contributed by atoms with Crippen LogP contribution < -0.4 is 10.6 Å². The number of hydrogen-bond acceptors (Lipinski definition) is 5. The summed E-state index contributed by atoms with van der Waals surface area (Å²) in [5.74, 6) is 0.651. The lowest BCUT2D eigenvalue weighted by molar-refractivity contribution is 0.238. The molecule has 1 aromatic rings. The molecule has 1 rings (SSSR count). The van der Waals surface area contributed by atoms with E-state index in [0.29, 0.717) is 18.5 Å². The molecule has 3 N–H and O–H groups in total. The summed E-state index contributed by atoms with van der Waals surface area (Å²) in [4.78, 5) is 8.45. The fourth-order valence-electron chi connectivity index (χ4n) is 1.38. The van der Waals surface area contributed by atoms with Crippen molar-refractivity contribution in [3.8, 4) is 0 Å². The Hall–Kier alpha value is -1.20. The molecule has 0 amide bonds. The Morgan fingerprint density at radius 3 is 2.41 bits per heavy atom. The number of anilines is 1. The first kappa shape index (κ1) is 13.9. The second-order valence-corrected chi connectivity index (χ2v) is 4.38. The number of hydrogen-bond donors (Lipinski definition) is 3. The topological polar surface area (TPSA) is 70.1 Å². The number of aliphatic hydroxyl groups excluding tert-OH is 1. The molecule has 0 radical (unpaired) electrons. The van der Waals surface area contributed by atoms with Crippen LogP contribution in [0.4, 0.5) is 5.95 Å². The van der Waals surface area contributed by atoms with Gasteiger partial charge in [-0.15, -0.1) is 0 Å². The van der Waals surface area contributed by atoms with E-state index < -0.39 is 0 Å². The van der Waals surface area contributed by atoms with E-state index in [1.165, 1.54) is 0 Å². The summed E-state index contributed by atoms with van der Waals surface area (Å²) < 4.78 is 0. The van der Waals surface area contributed by atoms with Crippen LogP contribution in [0.5, 0.6) is 0 Å². The van der Waals surface area contributed by atoms with E-state index >= 15 is 0 Å². The lowest BCUT2D eigenvalue weighted by Gasteiger charge is -2.13. The predicted octanol–water partition coefficient (Wildman–Crippen LogP) is 1.16. The van der Waals surface area contributed by atoms with Gasteiger partial charge in [-0.2, -0.15) is 0 Å². The van der Waals surface area contributed by atoms with Crippen LogP contribution in [0.25, 0.3) is 0 Å². The molecule has 5 nitrogen and oxygen atoms in total. The van der Waals surface area contributed by atoms with E-state index in [-0.39, 0.29) is 12.6 Å². The van der Waals surface area contributed by atoms with Crippen LogP contribution >= 0.6 is 0 Å². The van der Waals surface area contributed by atoms with E-state index in [4.69, 9.17) is 5.11 Å². The van der Waals surface area contributed by atoms with Crippen molar-refractivity contribution in [2.24, 2.45) is 0 Å². The molecule has 5 heteroatoms. The first-order chi connectivity index (χ1) is 8.15. The SMILES string of the molecule is CC[C@H](CO)NCc1cnc(NC(C)C)nc1. The quantitative estimate of drug-likeness (QED) is 0.665. The summed E-state index contributed by atoms with van der Waals surface area (Å²) in [6.45, 7) is 6.98. The van der Waals surface area contributed by atoms with Crippen LogP contribution in [0.1, 0.15) is 32.8 Å². The fourth-order valence-corrected chi connectivity index (χ4v) is 1.38. The Labute approximate surface area is 103 Å². The first-order valence-electron chi connectivity index (χ1n) is 6.07. The molecule has 0 aromatic carbocycles. The van der Waals surface area contributed by atoms with Crippen LogP contribution in [0, 0.1) is 0 Å². The van der Waals surface area contributed by atoms with Gasteiger partial charge in [0.2, 0.25) is 5.95 Å². The van der Waals surface area contributed by atoms with E-state index in [1.54, 1.807) is 12.4 Å². The van der Waals surface area contributed by atoms with Crippen LogP contribution in [-0.4, -0.2) is 33.8 Å².